The molecule has 0 N–H and O–H groups in total. The molecule has 7 aromatic rings. The largest absolute Gasteiger partial charge is 0.310 e. The molecule has 5 atom stereocenters. The van der Waals surface area contributed by atoms with E-state index < -0.39 is 0 Å². The summed E-state index contributed by atoms with van der Waals surface area (Å²) in [5, 5.41) is 0. The summed E-state index contributed by atoms with van der Waals surface area (Å²) in [6.07, 6.45) is 12.8. The van der Waals surface area contributed by atoms with Gasteiger partial charge in [-0.3, -0.25) is 0 Å². The molecule has 5 unspecified atom stereocenters. The van der Waals surface area contributed by atoms with Crippen molar-refractivity contribution in [1.29, 1.82) is 0 Å². The summed E-state index contributed by atoms with van der Waals surface area (Å²) in [6.45, 7) is 9.60. The lowest BCUT2D eigenvalue weighted by molar-refractivity contribution is 0.327. The highest BCUT2D eigenvalue weighted by atomic mass is 15.1. The quantitative estimate of drug-likeness (QED) is 0.151. The molecule has 0 aliphatic heterocycles. The maximum atomic E-state index is 2.65. The van der Waals surface area contributed by atoms with Gasteiger partial charge in [0.25, 0.3) is 0 Å². The number of rotatable bonds is 6. The van der Waals surface area contributed by atoms with Gasteiger partial charge in [-0.15, -0.1) is 0 Å². The molecule has 310 valence electrons. The standard InChI is InChI=1S/C62H57N/c1-5-39-30-31-61(43(6-2)32-39)54-18-12-11-17-49(54)53-34-41(22-29-56(53)61)42-21-26-50-51-27-24-46(36-58(51)60(3,4)57(50)35-42)63(45-14-8-7-9-15-45)47-25-28-52-48-16-10-13-19-55(48)62(59(52)37-47)38-40-20-23-44(62)33-40/h7-19,21-22,24-29,32,34-37,39-40,44H,5-6,20,23,30-31,33,38H2,1-4H3. The van der Waals surface area contributed by atoms with E-state index in [1.807, 2.05) is 0 Å². The van der Waals surface area contributed by atoms with Crippen molar-refractivity contribution in [2.45, 2.75) is 95.3 Å². The lowest BCUT2D eigenvalue weighted by atomic mass is 9.63. The summed E-state index contributed by atoms with van der Waals surface area (Å²) in [6, 6.07) is 59.2. The first-order valence-electron chi connectivity index (χ1n) is 24.2. The highest BCUT2D eigenvalue weighted by molar-refractivity contribution is 5.91. The van der Waals surface area contributed by atoms with Crippen LogP contribution in [0.3, 0.4) is 0 Å². The highest BCUT2D eigenvalue weighted by Gasteiger charge is 2.57. The first kappa shape index (κ1) is 37.6. The van der Waals surface area contributed by atoms with Crippen molar-refractivity contribution in [3.8, 4) is 44.5 Å². The summed E-state index contributed by atoms with van der Waals surface area (Å²) < 4.78 is 0. The van der Waals surface area contributed by atoms with Gasteiger partial charge in [0, 0.05) is 33.3 Å². The molecular weight excluding hydrogens is 759 g/mol. The number of para-hydroxylation sites is 1. The fourth-order valence-corrected chi connectivity index (χ4v) is 14.6. The van der Waals surface area contributed by atoms with Gasteiger partial charge in [0.1, 0.15) is 0 Å². The zero-order valence-corrected chi connectivity index (χ0v) is 37.3. The Morgan fingerprint density at radius 2 is 1.11 bits per heavy atom. The molecule has 2 bridgehead atoms. The van der Waals surface area contributed by atoms with Gasteiger partial charge in [-0.2, -0.15) is 0 Å². The number of fused-ring (bicyclic) bond motifs is 16. The van der Waals surface area contributed by atoms with E-state index in [2.05, 4.69) is 190 Å². The zero-order chi connectivity index (χ0) is 42.2. The maximum absolute atomic E-state index is 2.65. The molecule has 63 heavy (non-hydrogen) atoms. The van der Waals surface area contributed by atoms with E-state index in [9.17, 15) is 0 Å². The monoisotopic (exact) mass is 815 g/mol. The van der Waals surface area contributed by atoms with Crippen LogP contribution in [0.15, 0.2) is 163 Å². The fourth-order valence-electron chi connectivity index (χ4n) is 14.6. The van der Waals surface area contributed by atoms with Gasteiger partial charge in [0.2, 0.25) is 0 Å². The van der Waals surface area contributed by atoms with Crippen LogP contribution in [-0.2, 0) is 16.2 Å². The molecule has 2 saturated carbocycles. The fraction of sp³-hybridized carbons (Fsp3) is 0.290. The Balaban J connectivity index is 0.891. The third-order valence-corrected chi connectivity index (χ3v) is 17.5. The van der Waals surface area contributed by atoms with Crippen molar-refractivity contribution in [1.82, 2.24) is 0 Å². The van der Waals surface area contributed by atoms with Crippen LogP contribution >= 0.6 is 0 Å². The van der Waals surface area contributed by atoms with Gasteiger partial charge in [-0.25, -0.2) is 0 Å². The van der Waals surface area contributed by atoms with Gasteiger partial charge >= 0.3 is 0 Å². The zero-order valence-electron chi connectivity index (χ0n) is 37.3. The molecule has 0 heterocycles. The first-order valence-corrected chi connectivity index (χ1v) is 24.2. The van der Waals surface area contributed by atoms with Crippen molar-refractivity contribution < 1.29 is 0 Å². The van der Waals surface area contributed by atoms with Crippen LogP contribution in [0.5, 0.6) is 0 Å². The lowest BCUT2D eigenvalue weighted by Crippen LogP contribution is -2.32. The number of anilines is 3. The van der Waals surface area contributed by atoms with E-state index in [4.69, 9.17) is 0 Å². The molecule has 1 heteroatoms. The molecule has 0 saturated heterocycles. The normalized spacial score (nSPS) is 24.8. The SMILES string of the molecule is CCC1=CC(CC)CCC12c1ccccc1-c1cc(-c3ccc4c(c3)C(C)(C)c3cc(N(c5ccccc5)c5ccc6c(c5)C5(CC7CCC5C7)c5ccccc5-6)ccc3-4)ccc12. The van der Waals surface area contributed by atoms with E-state index in [-0.39, 0.29) is 16.2 Å². The average Bonchev–Trinajstić information content (AvgIpc) is 4.13. The van der Waals surface area contributed by atoms with Gasteiger partial charge in [0.15, 0.2) is 0 Å². The first-order chi connectivity index (χ1) is 30.8. The topological polar surface area (TPSA) is 3.24 Å². The molecule has 6 aliphatic carbocycles. The van der Waals surface area contributed by atoms with E-state index in [1.54, 1.807) is 16.7 Å². The second-order valence-corrected chi connectivity index (χ2v) is 20.6. The van der Waals surface area contributed by atoms with Gasteiger partial charge in [0.05, 0.1) is 0 Å². The Morgan fingerprint density at radius 1 is 0.508 bits per heavy atom. The second kappa shape index (κ2) is 13.5. The molecule has 6 aliphatic rings. The van der Waals surface area contributed by atoms with Crippen LogP contribution in [0.4, 0.5) is 17.1 Å². The van der Waals surface area contributed by atoms with E-state index in [0.29, 0.717) is 5.92 Å². The molecule has 0 aromatic heterocycles. The van der Waals surface area contributed by atoms with Crippen molar-refractivity contribution in [2.75, 3.05) is 4.90 Å². The average molecular weight is 816 g/mol. The van der Waals surface area contributed by atoms with Crippen LogP contribution in [-0.4, -0.2) is 0 Å². The Kier molecular flexibility index (Phi) is 8.09. The van der Waals surface area contributed by atoms with E-state index >= 15 is 0 Å². The summed E-state index contributed by atoms with van der Waals surface area (Å²) in [5.41, 5.74) is 25.3. The third kappa shape index (κ3) is 5.06. The van der Waals surface area contributed by atoms with Crippen molar-refractivity contribution in [2.24, 2.45) is 17.8 Å². The van der Waals surface area contributed by atoms with E-state index in [0.717, 1.165) is 18.3 Å². The third-order valence-electron chi connectivity index (χ3n) is 17.5. The number of hydrogen-bond acceptors (Lipinski definition) is 1. The van der Waals surface area contributed by atoms with Crippen molar-refractivity contribution in [3.05, 3.63) is 197 Å². The minimum atomic E-state index is -0.169. The predicted octanol–water partition coefficient (Wildman–Crippen LogP) is 16.6. The van der Waals surface area contributed by atoms with Crippen LogP contribution in [0.2, 0.25) is 0 Å². The summed E-state index contributed by atoms with van der Waals surface area (Å²) in [7, 11) is 0. The van der Waals surface area contributed by atoms with Gasteiger partial charge in [-0.1, -0.05) is 149 Å². The van der Waals surface area contributed by atoms with Crippen LogP contribution in [0.1, 0.15) is 112 Å². The molecule has 13 rings (SSSR count). The Labute approximate surface area is 374 Å². The van der Waals surface area contributed by atoms with Crippen LogP contribution < -0.4 is 4.90 Å². The summed E-state index contributed by atoms with van der Waals surface area (Å²) in [5.74, 6) is 2.27. The molecule has 0 amide bonds. The Morgan fingerprint density at radius 3 is 1.83 bits per heavy atom. The number of allylic oxidation sites excluding steroid dienone is 2. The van der Waals surface area contributed by atoms with Crippen molar-refractivity contribution in [3.63, 3.8) is 0 Å². The van der Waals surface area contributed by atoms with Crippen molar-refractivity contribution >= 4 is 17.1 Å². The molecule has 0 radical (unpaired) electrons. The highest BCUT2D eigenvalue weighted by Crippen LogP contribution is 2.66. The van der Waals surface area contributed by atoms with Crippen LogP contribution in [0.25, 0.3) is 44.5 Å². The van der Waals surface area contributed by atoms with Crippen LogP contribution in [0, 0.1) is 17.8 Å². The van der Waals surface area contributed by atoms with Gasteiger partial charge in [-0.05, 0) is 189 Å². The molecule has 7 aromatic carbocycles. The Hall–Kier alpha value is -5.92. The predicted molar refractivity (Wildman–Crippen MR) is 263 cm³/mol. The smallest absolute Gasteiger partial charge is 0.0465 e. The molecule has 2 fully saturated rings. The molecule has 2 spiro atoms. The Bertz CT molecular complexity index is 3050. The lowest BCUT2D eigenvalue weighted by Gasteiger charge is -2.40. The number of benzene rings is 7. The number of nitrogens with zero attached hydrogens (tertiary/aromatic N) is 1. The number of hydrogen-bond donors (Lipinski definition) is 0. The second-order valence-electron chi connectivity index (χ2n) is 20.6. The van der Waals surface area contributed by atoms with E-state index in [1.165, 1.54) is 129 Å². The van der Waals surface area contributed by atoms with Gasteiger partial charge < -0.3 is 4.90 Å². The molecule has 1 nitrogen and oxygen atoms in total. The minimum absolute atomic E-state index is 0.000154. The maximum Gasteiger partial charge on any atom is 0.0465 e. The molecular formula is C62H57N. The summed E-state index contributed by atoms with van der Waals surface area (Å²) in [4.78, 5) is 2.53. The minimum Gasteiger partial charge on any atom is -0.310 e. The summed E-state index contributed by atoms with van der Waals surface area (Å²) >= 11 is 0.